The van der Waals surface area contributed by atoms with Crippen molar-refractivity contribution < 1.29 is 14.8 Å². The lowest BCUT2D eigenvalue weighted by Gasteiger charge is -2.18. The van der Waals surface area contributed by atoms with Gasteiger partial charge in [-0.2, -0.15) is 0 Å². The van der Waals surface area contributed by atoms with Crippen LogP contribution in [0.4, 0.5) is 5.69 Å². The van der Waals surface area contributed by atoms with E-state index in [1.54, 1.807) is 7.05 Å². The number of nitro benzene ring substituents is 1. The summed E-state index contributed by atoms with van der Waals surface area (Å²) in [5.41, 5.74) is -0.379. The van der Waals surface area contributed by atoms with Gasteiger partial charge in [-0.3, -0.25) is 14.9 Å². The van der Waals surface area contributed by atoms with Gasteiger partial charge in [0.15, 0.2) is 0 Å². The molecule has 0 aliphatic heterocycles. The third-order valence-corrected chi connectivity index (χ3v) is 2.80. The summed E-state index contributed by atoms with van der Waals surface area (Å²) in [4.78, 5) is 23.8. The predicted molar refractivity (Wildman–Crippen MR) is 71.2 cm³/mol. The molecule has 0 bridgehead atoms. The number of aromatic hydroxyl groups is 1. The molecule has 1 amide bonds. The lowest BCUT2D eigenvalue weighted by Crippen LogP contribution is -2.29. The van der Waals surface area contributed by atoms with E-state index in [1.807, 2.05) is 13.8 Å². The number of hydrogen-bond acceptors (Lipinski definition) is 4. The Balaban J connectivity index is 2.98. The molecule has 0 heterocycles. The molecule has 0 aromatic heterocycles. The van der Waals surface area contributed by atoms with E-state index in [0.717, 1.165) is 18.6 Å². The highest BCUT2D eigenvalue weighted by Crippen LogP contribution is 2.24. The Morgan fingerprint density at radius 2 is 2.11 bits per heavy atom. The van der Waals surface area contributed by atoms with Crippen LogP contribution in [0.15, 0.2) is 18.2 Å². The first-order chi connectivity index (χ1) is 8.82. The van der Waals surface area contributed by atoms with Gasteiger partial charge in [0.2, 0.25) is 0 Å². The Bertz CT molecular complexity index is 486. The first-order valence-electron chi connectivity index (χ1n) is 6.05. The molecule has 0 fully saturated rings. The van der Waals surface area contributed by atoms with Crippen LogP contribution >= 0.6 is 0 Å². The second-order valence-corrected chi connectivity index (χ2v) is 4.87. The van der Waals surface area contributed by atoms with Crippen molar-refractivity contribution in [2.75, 3.05) is 13.6 Å². The van der Waals surface area contributed by atoms with Crippen molar-refractivity contribution in [3.05, 3.63) is 33.9 Å². The molecule has 0 aliphatic carbocycles. The van der Waals surface area contributed by atoms with Crippen molar-refractivity contribution in [1.29, 1.82) is 0 Å². The van der Waals surface area contributed by atoms with Crippen LogP contribution in [0.5, 0.6) is 5.75 Å². The zero-order valence-electron chi connectivity index (χ0n) is 11.3. The number of phenols is 1. The lowest BCUT2D eigenvalue weighted by molar-refractivity contribution is -0.385. The smallest absolute Gasteiger partial charge is 0.282 e. The second-order valence-electron chi connectivity index (χ2n) is 4.87. The standard InChI is InChI=1S/C13H18N2O4/c1-9(2)6-7-14(3)13(17)11-8-10(16)4-5-12(11)15(18)19/h4-5,8-9,16H,6-7H2,1-3H3. The van der Waals surface area contributed by atoms with Crippen LogP contribution < -0.4 is 0 Å². The molecule has 0 aliphatic rings. The summed E-state index contributed by atoms with van der Waals surface area (Å²) in [6.45, 7) is 4.59. The van der Waals surface area contributed by atoms with E-state index in [0.29, 0.717) is 12.5 Å². The molecule has 1 aromatic rings. The molecule has 0 atom stereocenters. The van der Waals surface area contributed by atoms with E-state index in [-0.39, 0.29) is 17.0 Å². The van der Waals surface area contributed by atoms with Crippen LogP contribution in [0, 0.1) is 16.0 Å². The minimum atomic E-state index is -0.622. The monoisotopic (exact) mass is 266 g/mol. The summed E-state index contributed by atoms with van der Waals surface area (Å²) < 4.78 is 0. The van der Waals surface area contributed by atoms with E-state index < -0.39 is 10.8 Å². The van der Waals surface area contributed by atoms with Crippen LogP contribution in [0.2, 0.25) is 0 Å². The number of nitro groups is 1. The number of phenolic OH excluding ortho intramolecular Hbond substituents is 1. The Hall–Kier alpha value is -2.11. The van der Waals surface area contributed by atoms with Gasteiger partial charge in [0.05, 0.1) is 4.92 Å². The third kappa shape index (κ3) is 3.94. The number of nitrogens with zero attached hydrogens (tertiary/aromatic N) is 2. The quantitative estimate of drug-likeness (QED) is 0.655. The zero-order valence-corrected chi connectivity index (χ0v) is 11.3. The van der Waals surface area contributed by atoms with Crippen LogP contribution in [0.1, 0.15) is 30.6 Å². The summed E-state index contributed by atoms with van der Waals surface area (Å²) in [5, 5.41) is 20.3. The Morgan fingerprint density at radius 1 is 1.47 bits per heavy atom. The van der Waals surface area contributed by atoms with E-state index >= 15 is 0 Å². The predicted octanol–water partition coefficient (Wildman–Crippen LogP) is 2.42. The molecule has 0 radical (unpaired) electrons. The highest BCUT2D eigenvalue weighted by Gasteiger charge is 2.23. The fourth-order valence-corrected chi connectivity index (χ4v) is 1.61. The molecule has 6 nitrogen and oxygen atoms in total. The molecule has 0 saturated carbocycles. The molecule has 0 saturated heterocycles. The molecule has 19 heavy (non-hydrogen) atoms. The van der Waals surface area contributed by atoms with Gasteiger partial charge in [0, 0.05) is 19.7 Å². The maximum atomic E-state index is 12.1. The van der Waals surface area contributed by atoms with Gasteiger partial charge in [0.25, 0.3) is 11.6 Å². The first-order valence-corrected chi connectivity index (χ1v) is 6.05. The average Bonchev–Trinajstić information content (AvgIpc) is 2.34. The lowest BCUT2D eigenvalue weighted by atomic mass is 10.1. The fraction of sp³-hybridized carbons (Fsp3) is 0.462. The first kappa shape index (κ1) is 14.9. The van der Waals surface area contributed by atoms with E-state index in [1.165, 1.54) is 11.0 Å². The normalized spacial score (nSPS) is 10.5. The van der Waals surface area contributed by atoms with Crippen LogP contribution in [0.25, 0.3) is 0 Å². The van der Waals surface area contributed by atoms with Gasteiger partial charge in [-0.05, 0) is 24.5 Å². The molecular formula is C13H18N2O4. The van der Waals surface area contributed by atoms with Gasteiger partial charge in [-0.25, -0.2) is 0 Å². The van der Waals surface area contributed by atoms with Crippen molar-refractivity contribution in [3.63, 3.8) is 0 Å². The van der Waals surface area contributed by atoms with Crippen molar-refractivity contribution in [3.8, 4) is 5.75 Å². The maximum absolute atomic E-state index is 12.1. The van der Waals surface area contributed by atoms with E-state index in [2.05, 4.69) is 0 Å². The van der Waals surface area contributed by atoms with Gasteiger partial charge in [0.1, 0.15) is 11.3 Å². The minimum absolute atomic E-state index is 0.0868. The summed E-state index contributed by atoms with van der Waals surface area (Å²) in [7, 11) is 1.60. The number of benzene rings is 1. The molecule has 1 aromatic carbocycles. The number of carbonyl (C=O) groups is 1. The Labute approximate surface area is 111 Å². The van der Waals surface area contributed by atoms with Crippen LogP contribution in [0.3, 0.4) is 0 Å². The minimum Gasteiger partial charge on any atom is -0.508 e. The topological polar surface area (TPSA) is 83.7 Å². The molecule has 104 valence electrons. The number of amides is 1. The number of hydrogen-bond donors (Lipinski definition) is 1. The van der Waals surface area contributed by atoms with Crippen molar-refractivity contribution in [2.24, 2.45) is 5.92 Å². The second kappa shape index (κ2) is 6.17. The molecule has 6 heteroatoms. The van der Waals surface area contributed by atoms with Crippen LogP contribution in [-0.4, -0.2) is 34.4 Å². The van der Waals surface area contributed by atoms with Crippen molar-refractivity contribution >= 4 is 11.6 Å². The Kier molecular flexibility index (Phi) is 4.86. The highest BCUT2D eigenvalue weighted by atomic mass is 16.6. The van der Waals surface area contributed by atoms with E-state index in [9.17, 15) is 20.0 Å². The van der Waals surface area contributed by atoms with Gasteiger partial charge in [-0.1, -0.05) is 13.8 Å². The van der Waals surface area contributed by atoms with Crippen molar-refractivity contribution in [2.45, 2.75) is 20.3 Å². The van der Waals surface area contributed by atoms with Gasteiger partial charge < -0.3 is 10.0 Å². The largest absolute Gasteiger partial charge is 0.508 e. The number of carbonyl (C=O) groups excluding carboxylic acids is 1. The molecule has 0 unspecified atom stereocenters. The zero-order chi connectivity index (χ0) is 14.6. The summed E-state index contributed by atoms with van der Waals surface area (Å²) >= 11 is 0. The van der Waals surface area contributed by atoms with Gasteiger partial charge in [-0.15, -0.1) is 0 Å². The molecular weight excluding hydrogens is 248 g/mol. The summed E-state index contributed by atoms with van der Waals surface area (Å²) in [6, 6.07) is 3.47. The molecule has 1 N–H and O–H groups in total. The summed E-state index contributed by atoms with van der Waals surface area (Å²) in [6.07, 6.45) is 0.814. The highest BCUT2D eigenvalue weighted by molar-refractivity contribution is 5.98. The van der Waals surface area contributed by atoms with Crippen LogP contribution in [-0.2, 0) is 0 Å². The molecule has 1 rings (SSSR count). The number of rotatable bonds is 5. The SMILES string of the molecule is CC(C)CCN(C)C(=O)c1cc(O)ccc1[N+](=O)[O-]. The Morgan fingerprint density at radius 3 is 2.63 bits per heavy atom. The van der Waals surface area contributed by atoms with Gasteiger partial charge >= 0.3 is 0 Å². The van der Waals surface area contributed by atoms with E-state index in [4.69, 9.17) is 0 Å². The fourth-order valence-electron chi connectivity index (χ4n) is 1.61. The summed E-state index contributed by atoms with van der Waals surface area (Å²) in [5.74, 6) is -0.177. The molecule has 0 spiro atoms. The average molecular weight is 266 g/mol. The van der Waals surface area contributed by atoms with Crippen molar-refractivity contribution in [1.82, 2.24) is 4.90 Å². The third-order valence-electron chi connectivity index (χ3n) is 2.80. The maximum Gasteiger partial charge on any atom is 0.282 e.